The number of carbonyl (C=O) groups is 1. The summed E-state index contributed by atoms with van der Waals surface area (Å²) in [6, 6.07) is 11.4. The Hall–Kier alpha value is -1.62. The van der Waals surface area contributed by atoms with Gasteiger partial charge in [-0.25, -0.2) is 4.39 Å². The van der Waals surface area contributed by atoms with Crippen LogP contribution in [0.5, 0.6) is 0 Å². The number of carbonyl (C=O) groups excluding carboxylic acids is 1. The van der Waals surface area contributed by atoms with E-state index < -0.39 is 0 Å². The lowest BCUT2D eigenvalue weighted by Crippen LogP contribution is -2.88. The smallest absolute Gasteiger partial charge is 0.279 e. The Morgan fingerprint density at radius 2 is 1.83 bits per heavy atom. The number of benzene rings is 2. The van der Waals surface area contributed by atoms with Crippen molar-refractivity contribution in [1.82, 2.24) is 0 Å². The third-order valence-corrected chi connectivity index (χ3v) is 4.28. The summed E-state index contributed by atoms with van der Waals surface area (Å²) in [6.07, 6.45) is 0. The number of nitrogens with two attached hydrogens (primary N) is 1. The topological polar surface area (TPSA) is 45.7 Å². The minimum atomic E-state index is -0.267. The Labute approximate surface area is 151 Å². The zero-order chi connectivity index (χ0) is 17.7. The number of hydrogen-bond acceptors (Lipinski definition) is 1. The molecule has 0 fully saturated rings. The average molecular weight is 370 g/mol. The minimum Gasteiger partial charge on any atom is -0.332 e. The number of rotatable bonds is 6. The zero-order valence-corrected chi connectivity index (χ0v) is 15.0. The van der Waals surface area contributed by atoms with Crippen LogP contribution in [0.15, 0.2) is 42.5 Å². The molecule has 0 saturated heterocycles. The van der Waals surface area contributed by atoms with Gasteiger partial charge >= 0.3 is 0 Å². The van der Waals surface area contributed by atoms with Gasteiger partial charge in [-0.05, 0) is 30.3 Å². The van der Waals surface area contributed by atoms with Crippen molar-refractivity contribution in [3.63, 3.8) is 0 Å². The predicted molar refractivity (Wildman–Crippen MR) is 95.9 cm³/mol. The lowest BCUT2D eigenvalue weighted by atomic mass is 9.96. The van der Waals surface area contributed by atoms with Crippen LogP contribution in [0.4, 0.5) is 10.1 Å². The van der Waals surface area contributed by atoms with Gasteiger partial charge in [0.1, 0.15) is 11.9 Å². The summed E-state index contributed by atoms with van der Waals surface area (Å²) in [5, 5.41) is 5.63. The van der Waals surface area contributed by atoms with Gasteiger partial charge in [0.25, 0.3) is 5.91 Å². The van der Waals surface area contributed by atoms with Crippen LogP contribution in [-0.2, 0) is 4.79 Å². The lowest BCUT2D eigenvalue weighted by molar-refractivity contribution is -0.692. The molecule has 1 atom stereocenters. The van der Waals surface area contributed by atoms with E-state index in [9.17, 15) is 9.18 Å². The maximum absolute atomic E-state index is 13.1. The molecule has 3 N–H and O–H groups in total. The van der Waals surface area contributed by atoms with Crippen molar-refractivity contribution in [2.75, 3.05) is 11.9 Å². The monoisotopic (exact) mass is 369 g/mol. The number of amides is 1. The van der Waals surface area contributed by atoms with E-state index in [0.29, 0.717) is 21.7 Å². The summed E-state index contributed by atoms with van der Waals surface area (Å²) in [6.45, 7) is 4.37. The highest BCUT2D eigenvalue weighted by atomic mass is 35.5. The summed E-state index contributed by atoms with van der Waals surface area (Å²) < 4.78 is 13.1. The van der Waals surface area contributed by atoms with Crippen LogP contribution in [-0.4, -0.2) is 12.5 Å². The predicted octanol–water partition coefficient (Wildman–Crippen LogP) is 4.03. The lowest BCUT2D eigenvalue weighted by Gasteiger charge is -2.19. The van der Waals surface area contributed by atoms with E-state index in [4.69, 9.17) is 23.2 Å². The molecule has 0 unspecified atom stereocenters. The molecule has 0 aromatic heterocycles. The van der Waals surface area contributed by atoms with Crippen LogP contribution < -0.4 is 10.6 Å². The number of halogens is 3. The molecule has 2 rings (SSSR count). The molecule has 1 amide bonds. The van der Waals surface area contributed by atoms with Gasteiger partial charge < -0.3 is 10.6 Å². The Bertz CT molecular complexity index is 705. The normalized spacial score (nSPS) is 12.2. The first kappa shape index (κ1) is 18.7. The van der Waals surface area contributed by atoms with Crippen LogP contribution in [0.25, 0.3) is 0 Å². The summed E-state index contributed by atoms with van der Waals surface area (Å²) in [5.74, 6) is -0.134. The molecule has 2 aromatic carbocycles. The SMILES string of the molecule is CC(C)[C@H]([NH2+]CC(=O)Nc1ccc(Cl)cc1Cl)c1ccc(F)cc1. The van der Waals surface area contributed by atoms with Crippen molar-refractivity contribution < 1.29 is 14.5 Å². The number of hydrogen-bond donors (Lipinski definition) is 2. The fourth-order valence-corrected chi connectivity index (χ4v) is 2.96. The fraction of sp³-hybridized carbons (Fsp3) is 0.278. The molecular weight excluding hydrogens is 350 g/mol. The summed E-state index contributed by atoms with van der Waals surface area (Å²) >= 11 is 11.9. The Morgan fingerprint density at radius 1 is 1.17 bits per heavy atom. The molecule has 3 nitrogen and oxygen atoms in total. The number of quaternary nitrogens is 1. The van der Waals surface area contributed by atoms with Crippen molar-refractivity contribution in [2.24, 2.45) is 5.92 Å². The van der Waals surface area contributed by atoms with E-state index in [1.807, 2.05) is 5.32 Å². The van der Waals surface area contributed by atoms with Gasteiger partial charge in [0, 0.05) is 16.5 Å². The van der Waals surface area contributed by atoms with Gasteiger partial charge in [-0.15, -0.1) is 0 Å². The largest absolute Gasteiger partial charge is 0.332 e. The van der Waals surface area contributed by atoms with E-state index in [2.05, 4.69) is 19.2 Å². The minimum absolute atomic E-state index is 0.0667. The second kappa shape index (κ2) is 8.47. The first-order valence-electron chi connectivity index (χ1n) is 7.70. The van der Waals surface area contributed by atoms with Crippen molar-refractivity contribution in [3.8, 4) is 0 Å². The van der Waals surface area contributed by atoms with Crippen LogP contribution >= 0.6 is 23.2 Å². The number of anilines is 1. The van der Waals surface area contributed by atoms with Gasteiger partial charge in [-0.2, -0.15) is 0 Å². The van der Waals surface area contributed by atoms with Crippen molar-refractivity contribution >= 4 is 34.8 Å². The second-order valence-corrected chi connectivity index (χ2v) is 6.78. The maximum atomic E-state index is 13.1. The zero-order valence-electron chi connectivity index (χ0n) is 13.5. The molecule has 0 saturated carbocycles. The van der Waals surface area contributed by atoms with Gasteiger partial charge in [-0.1, -0.05) is 49.2 Å². The highest BCUT2D eigenvalue weighted by molar-refractivity contribution is 6.36. The molecule has 128 valence electrons. The third-order valence-electron chi connectivity index (χ3n) is 3.74. The van der Waals surface area contributed by atoms with Gasteiger partial charge in [0.05, 0.1) is 10.7 Å². The van der Waals surface area contributed by atoms with Crippen LogP contribution in [0, 0.1) is 11.7 Å². The first-order valence-corrected chi connectivity index (χ1v) is 8.46. The van der Waals surface area contributed by atoms with Crippen LogP contribution in [0.3, 0.4) is 0 Å². The summed E-state index contributed by atoms with van der Waals surface area (Å²) in [7, 11) is 0. The molecule has 0 bridgehead atoms. The first-order chi connectivity index (χ1) is 11.4. The van der Waals surface area contributed by atoms with Gasteiger partial charge in [0.2, 0.25) is 0 Å². The average Bonchev–Trinajstić information content (AvgIpc) is 2.52. The van der Waals surface area contributed by atoms with E-state index in [0.717, 1.165) is 5.56 Å². The van der Waals surface area contributed by atoms with E-state index in [1.165, 1.54) is 12.1 Å². The summed E-state index contributed by atoms with van der Waals surface area (Å²) in [4.78, 5) is 12.2. The molecule has 0 aliphatic rings. The third kappa shape index (κ3) is 5.20. The van der Waals surface area contributed by atoms with Crippen molar-refractivity contribution in [3.05, 3.63) is 63.9 Å². The molecule has 0 heterocycles. The van der Waals surface area contributed by atoms with Crippen molar-refractivity contribution in [2.45, 2.75) is 19.9 Å². The molecule has 0 aliphatic carbocycles. The Morgan fingerprint density at radius 3 is 2.42 bits per heavy atom. The quantitative estimate of drug-likeness (QED) is 0.792. The van der Waals surface area contributed by atoms with E-state index >= 15 is 0 Å². The molecule has 0 spiro atoms. The summed E-state index contributed by atoms with van der Waals surface area (Å²) in [5.41, 5.74) is 1.52. The Balaban J connectivity index is 1.98. The molecule has 6 heteroatoms. The molecule has 0 radical (unpaired) electrons. The maximum Gasteiger partial charge on any atom is 0.279 e. The fourth-order valence-electron chi connectivity index (χ4n) is 2.50. The molecular formula is C18H20Cl2FN2O+. The Kier molecular flexibility index (Phi) is 6.60. The highest BCUT2D eigenvalue weighted by Crippen LogP contribution is 2.25. The number of nitrogens with one attached hydrogen (secondary N) is 1. The highest BCUT2D eigenvalue weighted by Gasteiger charge is 2.20. The van der Waals surface area contributed by atoms with Gasteiger partial charge in [0.15, 0.2) is 6.54 Å². The van der Waals surface area contributed by atoms with Crippen molar-refractivity contribution in [1.29, 1.82) is 0 Å². The molecule has 0 aliphatic heterocycles. The second-order valence-electron chi connectivity index (χ2n) is 5.93. The standard InChI is InChI=1S/C18H19Cl2FN2O/c1-11(2)18(12-3-6-14(21)7-4-12)22-10-17(24)23-16-8-5-13(19)9-15(16)20/h3-9,11,18,22H,10H2,1-2H3,(H,23,24)/p+1/t18-/m0/s1. The van der Waals surface area contributed by atoms with Crippen LogP contribution in [0.2, 0.25) is 10.0 Å². The molecule has 24 heavy (non-hydrogen) atoms. The van der Waals surface area contributed by atoms with Gasteiger partial charge in [-0.3, -0.25) is 4.79 Å². The van der Waals surface area contributed by atoms with Crippen LogP contribution in [0.1, 0.15) is 25.5 Å². The molecule has 2 aromatic rings. The van der Waals surface area contributed by atoms with E-state index in [1.54, 1.807) is 30.3 Å². The van der Waals surface area contributed by atoms with E-state index in [-0.39, 0.29) is 24.3 Å².